The molecule has 1 aromatic carbocycles. The molecule has 0 atom stereocenters. The summed E-state index contributed by atoms with van der Waals surface area (Å²) in [6.45, 7) is 8.94. The molecule has 0 amide bonds. The van der Waals surface area contributed by atoms with Gasteiger partial charge in [0.15, 0.2) is 17.3 Å². The fraction of sp³-hybridized carbons (Fsp3) is 0.474. The fourth-order valence-corrected chi connectivity index (χ4v) is 3.18. The van der Waals surface area contributed by atoms with Crippen molar-refractivity contribution >= 4 is 16.8 Å². The van der Waals surface area contributed by atoms with Crippen molar-refractivity contribution < 1.29 is 18.7 Å². The first-order valence-electron chi connectivity index (χ1n) is 7.96. The Hall–Kier alpha value is -2.30. The summed E-state index contributed by atoms with van der Waals surface area (Å²) in [5.74, 6) is 1.44. The van der Waals surface area contributed by atoms with Crippen molar-refractivity contribution in [1.29, 1.82) is 0 Å². The van der Waals surface area contributed by atoms with Gasteiger partial charge in [-0.3, -0.25) is 9.59 Å². The topological polar surface area (TPSA) is 65.7 Å². The number of Topliss-reactive ketones (excluding diaryl/α,β-unsaturated/α-hetero) is 1. The monoisotopic (exact) mass is 332 g/mol. The van der Waals surface area contributed by atoms with E-state index in [1.165, 1.54) is 14.0 Å². The molecule has 130 valence electrons. The van der Waals surface area contributed by atoms with Crippen LogP contribution in [-0.4, -0.2) is 20.0 Å². The van der Waals surface area contributed by atoms with Crippen LogP contribution in [0.5, 0.6) is 11.5 Å². The summed E-state index contributed by atoms with van der Waals surface area (Å²) >= 11 is 0. The highest BCUT2D eigenvalue weighted by molar-refractivity contribution is 5.99. The van der Waals surface area contributed by atoms with Gasteiger partial charge in [-0.1, -0.05) is 13.8 Å². The molecule has 0 unspecified atom stereocenters. The Kier molecular flexibility index (Phi) is 5.02. The van der Waals surface area contributed by atoms with Gasteiger partial charge in [-0.05, 0) is 33.1 Å². The van der Waals surface area contributed by atoms with Crippen molar-refractivity contribution in [2.45, 2.75) is 41.0 Å². The largest absolute Gasteiger partial charge is 0.493 e. The number of rotatable bonds is 5. The van der Waals surface area contributed by atoms with E-state index in [1.54, 1.807) is 21.0 Å². The van der Waals surface area contributed by atoms with Crippen molar-refractivity contribution in [2.24, 2.45) is 5.92 Å². The molecule has 0 saturated carbocycles. The average molecular weight is 332 g/mol. The minimum Gasteiger partial charge on any atom is -0.493 e. The van der Waals surface area contributed by atoms with Crippen LogP contribution in [-0.2, 0) is 6.42 Å². The molecule has 2 aromatic rings. The van der Waals surface area contributed by atoms with Gasteiger partial charge < -0.3 is 13.9 Å². The average Bonchev–Trinajstić information content (AvgIpc) is 2.48. The normalized spacial score (nSPS) is 11.2. The highest BCUT2D eigenvalue weighted by Gasteiger charge is 2.26. The predicted octanol–water partition coefficient (Wildman–Crippen LogP) is 3.83. The number of ether oxygens (including phenoxy) is 2. The second-order valence-corrected chi connectivity index (χ2v) is 6.39. The van der Waals surface area contributed by atoms with Gasteiger partial charge in [0.25, 0.3) is 0 Å². The van der Waals surface area contributed by atoms with E-state index in [4.69, 9.17) is 13.9 Å². The number of aryl methyl sites for hydroxylation is 2. The van der Waals surface area contributed by atoms with E-state index >= 15 is 0 Å². The number of ketones is 1. The number of carbonyl (C=O) groups is 1. The fourth-order valence-electron chi connectivity index (χ4n) is 3.18. The van der Waals surface area contributed by atoms with E-state index in [-0.39, 0.29) is 16.8 Å². The first-order valence-corrected chi connectivity index (χ1v) is 7.96. The van der Waals surface area contributed by atoms with Gasteiger partial charge >= 0.3 is 0 Å². The number of fused-ring (bicyclic) bond motifs is 1. The molecule has 0 bridgehead atoms. The second-order valence-electron chi connectivity index (χ2n) is 6.39. The van der Waals surface area contributed by atoms with Crippen molar-refractivity contribution in [2.75, 3.05) is 14.2 Å². The predicted molar refractivity (Wildman–Crippen MR) is 93.6 cm³/mol. The van der Waals surface area contributed by atoms with E-state index in [2.05, 4.69) is 13.8 Å². The molecule has 0 saturated heterocycles. The molecule has 1 heterocycles. The Morgan fingerprint density at radius 2 is 1.71 bits per heavy atom. The van der Waals surface area contributed by atoms with Crippen LogP contribution in [0.3, 0.4) is 0 Å². The molecule has 0 radical (unpaired) electrons. The Bertz CT molecular complexity index is 859. The summed E-state index contributed by atoms with van der Waals surface area (Å²) in [4.78, 5) is 24.8. The maximum atomic E-state index is 12.9. The number of hydrogen-bond acceptors (Lipinski definition) is 5. The van der Waals surface area contributed by atoms with Gasteiger partial charge in [0, 0.05) is 11.1 Å². The lowest BCUT2D eigenvalue weighted by atomic mass is 9.94. The van der Waals surface area contributed by atoms with Crippen LogP contribution in [0, 0.1) is 19.8 Å². The molecule has 0 aliphatic heterocycles. The van der Waals surface area contributed by atoms with Gasteiger partial charge in [0.05, 0.1) is 19.6 Å². The van der Waals surface area contributed by atoms with Gasteiger partial charge in [-0.15, -0.1) is 0 Å². The van der Waals surface area contributed by atoms with Crippen LogP contribution in [0.15, 0.2) is 9.21 Å². The van der Waals surface area contributed by atoms with E-state index in [9.17, 15) is 9.59 Å². The number of benzene rings is 1. The number of methoxy groups -OCH3 is 2. The third kappa shape index (κ3) is 2.79. The minimum atomic E-state index is -0.315. The van der Waals surface area contributed by atoms with Gasteiger partial charge in [0.1, 0.15) is 16.9 Å². The quantitative estimate of drug-likeness (QED) is 0.779. The van der Waals surface area contributed by atoms with Gasteiger partial charge in [-0.2, -0.15) is 0 Å². The van der Waals surface area contributed by atoms with Crippen LogP contribution in [0.2, 0.25) is 0 Å². The van der Waals surface area contributed by atoms with Crippen molar-refractivity contribution in [1.82, 2.24) is 0 Å². The molecule has 5 nitrogen and oxygen atoms in total. The Morgan fingerprint density at radius 1 is 1.12 bits per heavy atom. The zero-order valence-electron chi connectivity index (χ0n) is 15.3. The molecule has 0 N–H and O–H groups in total. The molecule has 0 aliphatic rings. The second kappa shape index (κ2) is 6.67. The van der Waals surface area contributed by atoms with Crippen molar-refractivity contribution in [3.8, 4) is 11.5 Å². The summed E-state index contributed by atoms with van der Waals surface area (Å²) < 4.78 is 17.0. The first-order chi connectivity index (χ1) is 11.2. The molecule has 2 rings (SSSR count). The lowest BCUT2D eigenvalue weighted by Gasteiger charge is -2.19. The zero-order valence-corrected chi connectivity index (χ0v) is 15.3. The van der Waals surface area contributed by atoms with E-state index in [0.29, 0.717) is 46.1 Å². The van der Waals surface area contributed by atoms with Crippen LogP contribution in [0.1, 0.15) is 48.0 Å². The standard InChI is InChI=1S/C19H24O5/c1-9(2)8-13-18-14(10(3)17(22-6)19(13)23-7)16(21)15(11(4)20)12(5)24-18/h9H,8H2,1-7H3. The Morgan fingerprint density at radius 3 is 2.17 bits per heavy atom. The molecule has 0 fully saturated rings. The molecule has 5 heteroatoms. The van der Waals surface area contributed by atoms with E-state index in [1.807, 2.05) is 0 Å². The van der Waals surface area contributed by atoms with Gasteiger partial charge in [-0.25, -0.2) is 0 Å². The Balaban J connectivity index is 3.10. The summed E-state index contributed by atoms with van der Waals surface area (Å²) in [5.41, 5.74) is 1.66. The smallest absolute Gasteiger partial charge is 0.204 e. The summed E-state index contributed by atoms with van der Waals surface area (Å²) in [6, 6.07) is 0. The molecule has 0 spiro atoms. The first kappa shape index (κ1) is 18.0. The number of hydrogen-bond donors (Lipinski definition) is 0. The van der Waals surface area contributed by atoms with Crippen LogP contribution < -0.4 is 14.9 Å². The number of carbonyl (C=O) groups excluding carboxylic acids is 1. The molecular weight excluding hydrogens is 308 g/mol. The van der Waals surface area contributed by atoms with Gasteiger partial charge in [0.2, 0.25) is 5.43 Å². The lowest BCUT2D eigenvalue weighted by molar-refractivity contribution is 0.101. The third-order valence-electron chi connectivity index (χ3n) is 4.13. The maximum absolute atomic E-state index is 12.9. The minimum absolute atomic E-state index is 0.0910. The highest BCUT2D eigenvalue weighted by atomic mass is 16.5. The van der Waals surface area contributed by atoms with Crippen LogP contribution >= 0.6 is 0 Å². The van der Waals surface area contributed by atoms with E-state index < -0.39 is 0 Å². The molecular formula is C19H24O5. The lowest BCUT2D eigenvalue weighted by Crippen LogP contribution is -2.17. The third-order valence-corrected chi connectivity index (χ3v) is 4.13. The zero-order chi connectivity index (χ0) is 18.2. The van der Waals surface area contributed by atoms with E-state index in [0.717, 1.165) is 5.56 Å². The highest BCUT2D eigenvalue weighted by Crippen LogP contribution is 2.41. The molecule has 24 heavy (non-hydrogen) atoms. The SMILES string of the molecule is COc1c(OC)c(C)c2c(=O)c(C(C)=O)c(C)oc2c1CC(C)C. The summed E-state index contributed by atoms with van der Waals surface area (Å²) in [7, 11) is 3.11. The van der Waals surface area contributed by atoms with Crippen LogP contribution in [0.25, 0.3) is 11.0 Å². The van der Waals surface area contributed by atoms with Crippen LogP contribution in [0.4, 0.5) is 0 Å². The van der Waals surface area contributed by atoms with Crippen molar-refractivity contribution in [3.05, 3.63) is 32.7 Å². The Labute approximate surface area is 141 Å². The molecule has 1 aromatic heterocycles. The summed E-state index contributed by atoms with van der Waals surface area (Å²) in [6.07, 6.45) is 0.665. The van der Waals surface area contributed by atoms with Crippen molar-refractivity contribution in [3.63, 3.8) is 0 Å². The molecule has 0 aliphatic carbocycles. The maximum Gasteiger partial charge on any atom is 0.204 e. The summed E-state index contributed by atoms with van der Waals surface area (Å²) in [5, 5.41) is 0.388.